The Morgan fingerprint density at radius 3 is 2.55 bits per heavy atom. The first-order valence-corrected chi connectivity index (χ1v) is 9.91. The lowest BCUT2D eigenvalue weighted by Crippen LogP contribution is -2.42. The van der Waals surface area contributed by atoms with Crippen LogP contribution in [0.5, 0.6) is 0 Å². The molecule has 0 aliphatic heterocycles. The summed E-state index contributed by atoms with van der Waals surface area (Å²) in [5.41, 5.74) is 0. The van der Waals surface area contributed by atoms with E-state index in [1.807, 2.05) is 24.4 Å². The summed E-state index contributed by atoms with van der Waals surface area (Å²) < 4.78 is 25.8. The van der Waals surface area contributed by atoms with Crippen LogP contribution in [0.3, 0.4) is 0 Å². The van der Waals surface area contributed by atoms with Gasteiger partial charge in [0.05, 0.1) is 6.54 Å². The Labute approximate surface area is 138 Å². The number of rotatable bonds is 7. The number of nitrogens with one attached hydrogen (secondary N) is 1. The van der Waals surface area contributed by atoms with Crippen LogP contribution < -0.4 is 5.32 Å². The second-order valence-corrected chi connectivity index (χ2v) is 9.20. The molecule has 0 aliphatic rings. The molecule has 0 saturated carbocycles. The molecule has 0 bridgehead atoms. The summed E-state index contributed by atoms with van der Waals surface area (Å²) in [5.74, 6) is -0.299. The lowest BCUT2D eigenvalue weighted by atomic mass is 10.2. The molecule has 0 fully saturated rings. The van der Waals surface area contributed by atoms with Gasteiger partial charge in [-0.25, -0.2) is 8.42 Å². The summed E-state index contributed by atoms with van der Waals surface area (Å²) >= 11 is 2.78. The normalized spacial score (nSPS) is 13.2. The topological polar surface area (TPSA) is 66.5 Å². The monoisotopic (exact) mass is 358 g/mol. The van der Waals surface area contributed by atoms with Gasteiger partial charge in [0.25, 0.3) is 10.0 Å². The van der Waals surface area contributed by atoms with Crippen molar-refractivity contribution in [3.63, 3.8) is 0 Å². The fourth-order valence-electron chi connectivity index (χ4n) is 1.95. The number of nitrogens with zero attached hydrogens (tertiary/aromatic N) is 1. The molecule has 2 aromatic heterocycles. The van der Waals surface area contributed by atoms with Crippen LogP contribution in [0.25, 0.3) is 0 Å². The molecule has 0 aromatic carbocycles. The van der Waals surface area contributed by atoms with Crippen LogP contribution in [0, 0.1) is 0 Å². The number of thiophene rings is 2. The zero-order chi connectivity index (χ0) is 16.2. The number of carbonyl (C=O) groups is 1. The largest absolute Gasteiger partial charge is 0.352 e. The number of likely N-dealkylation sites (N-methyl/N-ethyl adjacent to an activating group) is 1. The lowest BCUT2D eigenvalue weighted by molar-refractivity contribution is -0.121. The average molecular weight is 359 g/mol. The Morgan fingerprint density at radius 1 is 1.27 bits per heavy atom. The van der Waals surface area contributed by atoms with Gasteiger partial charge >= 0.3 is 0 Å². The van der Waals surface area contributed by atoms with Gasteiger partial charge in [0.15, 0.2) is 0 Å². The first-order chi connectivity index (χ1) is 10.4. The third kappa shape index (κ3) is 4.39. The Hall–Kier alpha value is -1.22. The summed E-state index contributed by atoms with van der Waals surface area (Å²) in [6.45, 7) is 1.72. The predicted molar refractivity (Wildman–Crippen MR) is 89.8 cm³/mol. The van der Waals surface area contributed by atoms with Crippen molar-refractivity contribution >= 4 is 38.6 Å². The van der Waals surface area contributed by atoms with Crippen molar-refractivity contribution in [2.45, 2.75) is 23.6 Å². The van der Waals surface area contributed by atoms with Crippen LogP contribution >= 0.6 is 22.7 Å². The van der Waals surface area contributed by atoms with Gasteiger partial charge in [-0.05, 0) is 29.8 Å². The zero-order valence-corrected chi connectivity index (χ0v) is 14.8. The van der Waals surface area contributed by atoms with E-state index in [4.69, 9.17) is 0 Å². The molecule has 120 valence electrons. The maximum Gasteiger partial charge on any atom is 0.252 e. The Bertz CT molecular complexity index is 694. The van der Waals surface area contributed by atoms with Gasteiger partial charge in [0.2, 0.25) is 5.91 Å². The van der Waals surface area contributed by atoms with Gasteiger partial charge in [-0.15, -0.1) is 22.7 Å². The van der Waals surface area contributed by atoms with Crippen LogP contribution in [-0.2, 0) is 21.2 Å². The second kappa shape index (κ2) is 7.36. The van der Waals surface area contributed by atoms with Crippen molar-refractivity contribution in [1.82, 2.24) is 9.62 Å². The number of sulfonamides is 1. The maximum atomic E-state index is 12.2. The van der Waals surface area contributed by atoms with E-state index in [1.165, 1.54) is 18.0 Å². The van der Waals surface area contributed by atoms with Gasteiger partial charge in [-0.2, -0.15) is 4.31 Å². The van der Waals surface area contributed by atoms with Crippen LogP contribution in [0.2, 0.25) is 0 Å². The van der Waals surface area contributed by atoms with Crippen molar-refractivity contribution in [1.29, 1.82) is 0 Å². The molecule has 2 aromatic rings. The van der Waals surface area contributed by atoms with E-state index in [1.54, 1.807) is 22.8 Å². The van der Waals surface area contributed by atoms with Crippen molar-refractivity contribution in [3.05, 3.63) is 39.9 Å². The lowest BCUT2D eigenvalue weighted by Gasteiger charge is -2.18. The highest BCUT2D eigenvalue weighted by molar-refractivity contribution is 7.91. The zero-order valence-electron chi connectivity index (χ0n) is 12.4. The minimum Gasteiger partial charge on any atom is -0.352 e. The highest BCUT2D eigenvalue weighted by Crippen LogP contribution is 2.19. The number of hydrogen-bond acceptors (Lipinski definition) is 5. The minimum absolute atomic E-state index is 0.0380. The Balaban J connectivity index is 1.88. The summed E-state index contributed by atoms with van der Waals surface area (Å²) in [5, 5.41) is 6.52. The van der Waals surface area contributed by atoms with E-state index in [0.29, 0.717) is 0 Å². The molecule has 2 heterocycles. The van der Waals surface area contributed by atoms with E-state index in [0.717, 1.165) is 22.1 Å². The molecule has 0 saturated heterocycles. The Morgan fingerprint density at radius 2 is 1.95 bits per heavy atom. The summed E-state index contributed by atoms with van der Waals surface area (Å²) in [6, 6.07) is 7.16. The highest BCUT2D eigenvalue weighted by Gasteiger charge is 2.24. The smallest absolute Gasteiger partial charge is 0.252 e. The van der Waals surface area contributed by atoms with E-state index >= 15 is 0 Å². The summed E-state index contributed by atoms with van der Waals surface area (Å²) in [4.78, 5) is 13.2. The standard InChI is InChI=1S/C14H18N2O3S3/c1-11(9-12-5-3-7-20-12)15-13(17)10-16(2)22(18,19)14-6-4-8-21-14/h3-8,11H,9-10H2,1-2H3,(H,15,17). The number of carbonyl (C=O) groups excluding carboxylic acids is 1. The van der Waals surface area contributed by atoms with E-state index in [9.17, 15) is 13.2 Å². The summed E-state index contributed by atoms with van der Waals surface area (Å²) in [6.07, 6.45) is 0.741. The third-order valence-electron chi connectivity index (χ3n) is 3.02. The van der Waals surface area contributed by atoms with Crippen molar-refractivity contribution in [2.24, 2.45) is 0 Å². The van der Waals surface area contributed by atoms with Crippen molar-refractivity contribution < 1.29 is 13.2 Å². The average Bonchev–Trinajstić information content (AvgIpc) is 3.10. The van der Waals surface area contributed by atoms with E-state index in [2.05, 4.69) is 5.32 Å². The molecule has 8 heteroatoms. The van der Waals surface area contributed by atoms with Gasteiger partial charge in [-0.3, -0.25) is 4.79 Å². The van der Waals surface area contributed by atoms with Gasteiger partial charge in [-0.1, -0.05) is 12.1 Å². The molecule has 0 spiro atoms. The van der Waals surface area contributed by atoms with Crippen LogP contribution in [0.1, 0.15) is 11.8 Å². The van der Waals surface area contributed by atoms with Gasteiger partial charge < -0.3 is 5.32 Å². The number of hydrogen-bond donors (Lipinski definition) is 1. The molecule has 1 N–H and O–H groups in total. The summed E-state index contributed by atoms with van der Waals surface area (Å²) in [7, 11) is -2.17. The van der Waals surface area contributed by atoms with Crippen LogP contribution in [0.15, 0.2) is 39.2 Å². The molecule has 1 amide bonds. The molecule has 1 unspecified atom stereocenters. The first kappa shape index (κ1) is 17.1. The fraction of sp³-hybridized carbons (Fsp3) is 0.357. The van der Waals surface area contributed by atoms with Crippen molar-refractivity contribution in [3.8, 4) is 0 Å². The quantitative estimate of drug-likeness (QED) is 0.825. The maximum absolute atomic E-state index is 12.2. The highest BCUT2D eigenvalue weighted by atomic mass is 32.2. The van der Waals surface area contributed by atoms with E-state index in [-0.39, 0.29) is 22.7 Å². The van der Waals surface area contributed by atoms with Crippen molar-refractivity contribution in [2.75, 3.05) is 13.6 Å². The molecule has 0 aliphatic carbocycles. The molecule has 0 radical (unpaired) electrons. The Kier molecular flexibility index (Phi) is 5.74. The molecular formula is C14H18N2O3S3. The van der Waals surface area contributed by atoms with E-state index < -0.39 is 10.0 Å². The van der Waals surface area contributed by atoms with Crippen LogP contribution in [0.4, 0.5) is 0 Å². The molecular weight excluding hydrogens is 340 g/mol. The van der Waals surface area contributed by atoms with Crippen LogP contribution in [-0.4, -0.2) is 38.3 Å². The predicted octanol–water partition coefficient (Wildman–Crippen LogP) is 2.18. The second-order valence-electron chi connectivity index (χ2n) is 4.95. The fourth-order valence-corrected chi connectivity index (χ4v) is 5.12. The molecule has 22 heavy (non-hydrogen) atoms. The molecule has 2 rings (SSSR count). The third-order valence-corrected chi connectivity index (χ3v) is 7.10. The first-order valence-electron chi connectivity index (χ1n) is 6.71. The molecule has 5 nitrogen and oxygen atoms in total. The minimum atomic E-state index is -3.58. The van der Waals surface area contributed by atoms with Gasteiger partial charge in [0, 0.05) is 24.4 Å². The molecule has 1 atom stereocenters. The number of amides is 1. The SMILES string of the molecule is CC(Cc1cccs1)NC(=O)CN(C)S(=O)(=O)c1cccs1. The van der Waals surface area contributed by atoms with Gasteiger partial charge in [0.1, 0.15) is 4.21 Å².